The number of ether oxygens (including phenoxy) is 1. The minimum Gasteiger partial charge on any atom is -0.378 e. The normalized spacial score (nSPS) is 14.2. The van der Waals surface area contributed by atoms with Gasteiger partial charge in [-0.3, -0.25) is 4.98 Å². The Labute approximate surface area is 172 Å². The van der Waals surface area contributed by atoms with Crippen LogP contribution in [0.2, 0.25) is 0 Å². The van der Waals surface area contributed by atoms with E-state index in [1.165, 1.54) is 6.07 Å². The molecular formula is C23H18F2N4O. The van der Waals surface area contributed by atoms with Crippen molar-refractivity contribution in [3.63, 3.8) is 0 Å². The first-order chi connectivity index (χ1) is 14.6. The lowest BCUT2D eigenvalue weighted by Crippen LogP contribution is -2.52. The average molecular weight is 404 g/mol. The minimum atomic E-state index is -0.877. The zero-order valence-electron chi connectivity index (χ0n) is 16.2. The number of aromatic nitrogens is 3. The van der Waals surface area contributed by atoms with Gasteiger partial charge in [0.2, 0.25) is 0 Å². The number of fused-ring (bicyclic) bond motifs is 1. The highest BCUT2D eigenvalue weighted by atomic mass is 19.2. The molecule has 0 amide bonds. The van der Waals surface area contributed by atoms with Crippen molar-refractivity contribution in [2.75, 3.05) is 25.1 Å². The van der Waals surface area contributed by atoms with Crippen LogP contribution in [-0.4, -0.2) is 41.3 Å². The third kappa shape index (κ3) is 3.27. The molecule has 0 spiro atoms. The highest BCUT2D eigenvalue weighted by Crippen LogP contribution is 2.33. The summed E-state index contributed by atoms with van der Waals surface area (Å²) in [6.45, 7) is 1.50. The Balaban J connectivity index is 1.65. The number of pyridine rings is 1. The summed E-state index contributed by atoms with van der Waals surface area (Å²) < 4.78 is 32.5. The summed E-state index contributed by atoms with van der Waals surface area (Å²) in [4.78, 5) is 15.9. The van der Waals surface area contributed by atoms with Crippen LogP contribution in [0, 0.1) is 11.6 Å². The molecule has 1 aliphatic rings. The van der Waals surface area contributed by atoms with Gasteiger partial charge in [0.25, 0.3) is 0 Å². The Morgan fingerprint density at radius 1 is 0.933 bits per heavy atom. The number of hydrogen-bond acceptors (Lipinski definition) is 5. The second-order valence-electron chi connectivity index (χ2n) is 7.24. The molecule has 0 radical (unpaired) electrons. The zero-order valence-corrected chi connectivity index (χ0v) is 16.2. The van der Waals surface area contributed by atoms with E-state index in [-0.39, 0.29) is 6.10 Å². The maximum absolute atomic E-state index is 13.7. The van der Waals surface area contributed by atoms with Crippen LogP contribution in [-0.2, 0) is 4.74 Å². The van der Waals surface area contributed by atoms with Gasteiger partial charge in [0, 0.05) is 43.5 Å². The molecule has 0 unspecified atom stereocenters. The van der Waals surface area contributed by atoms with Crippen molar-refractivity contribution >= 4 is 16.7 Å². The average Bonchev–Trinajstić information content (AvgIpc) is 2.75. The summed E-state index contributed by atoms with van der Waals surface area (Å²) in [5.74, 6) is -0.357. The summed E-state index contributed by atoms with van der Waals surface area (Å²) in [6, 6.07) is 13.3. The van der Waals surface area contributed by atoms with E-state index >= 15 is 0 Å². The number of nitrogens with zero attached hydrogens (tertiary/aromatic N) is 4. The fourth-order valence-electron chi connectivity index (χ4n) is 3.59. The van der Waals surface area contributed by atoms with Gasteiger partial charge in [0.05, 0.1) is 11.6 Å². The molecule has 0 aliphatic carbocycles. The molecule has 30 heavy (non-hydrogen) atoms. The summed E-state index contributed by atoms with van der Waals surface area (Å²) in [5.41, 5.74) is 2.87. The maximum Gasteiger partial charge on any atom is 0.163 e. The molecule has 5 rings (SSSR count). The largest absolute Gasteiger partial charge is 0.378 e. The summed E-state index contributed by atoms with van der Waals surface area (Å²) >= 11 is 0. The SMILES string of the molecule is COC1CN(c2nc(-c3cccnc3)nc3cc(-c4ccc(F)c(F)c4)ccc23)C1. The fourth-order valence-corrected chi connectivity index (χ4v) is 3.59. The predicted octanol–water partition coefficient (Wildman–Crippen LogP) is 4.47. The summed E-state index contributed by atoms with van der Waals surface area (Å²) in [7, 11) is 1.70. The Bertz CT molecular complexity index is 1230. The van der Waals surface area contributed by atoms with Crippen LogP contribution in [0.5, 0.6) is 0 Å². The fraction of sp³-hybridized carbons (Fsp3) is 0.174. The minimum absolute atomic E-state index is 0.179. The van der Waals surface area contributed by atoms with Gasteiger partial charge >= 0.3 is 0 Å². The van der Waals surface area contributed by atoms with Crippen LogP contribution in [0.3, 0.4) is 0 Å². The van der Waals surface area contributed by atoms with Crippen molar-refractivity contribution in [1.29, 1.82) is 0 Å². The van der Waals surface area contributed by atoms with Crippen LogP contribution >= 0.6 is 0 Å². The third-order valence-electron chi connectivity index (χ3n) is 5.33. The second kappa shape index (κ2) is 7.42. The molecule has 2 aromatic carbocycles. The Kier molecular flexibility index (Phi) is 4.59. The van der Waals surface area contributed by atoms with Gasteiger partial charge in [0.1, 0.15) is 5.82 Å². The van der Waals surface area contributed by atoms with Crippen molar-refractivity contribution in [2.24, 2.45) is 0 Å². The number of hydrogen-bond donors (Lipinski definition) is 0. The maximum atomic E-state index is 13.7. The number of benzene rings is 2. The molecule has 1 fully saturated rings. The van der Waals surface area contributed by atoms with Crippen molar-refractivity contribution in [3.05, 3.63) is 72.6 Å². The summed E-state index contributed by atoms with van der Waals surface area (Å²) in [5, 5.41) is 0.892. The van der Waals surface area contributed by atoms with Gasteiger partial charge < -0.3 is 9.64 Å². The van der Waals surface area contributed by atoms with Crippen molar-refractivity contribution in [3.8, 4) is 22.5 Å². The lowest BCUT2D eigenvalue weighted by Gasteiger charge is -2.39. The number of methoxy groups -OCH3 is 1. The smallest absolute Gasteiger partial charge is 0.163 e. The molecule has 1 saturated heterocycles. The molecule has 0 atom stereocenters. The van der Waals surface area contributed by atoms with Crippen LogP contribution in [0.25, 0.3) is 33.4 Å². The first kappa shape index (κ1) is 18.6. The predicted molar refractivity (Wildman–Crippen MR) is 111 cm³/mol. The first-order valence-electron chi connectivity index (χ1n) is 9.58. The van der Waals surface area contributed by atoms with E-state index in [0.717, 1.165) is 47.0 Å². The van der Waals surface area contributed by atoms with E-state index in [1.54, 1.807) is 25.6 Å². The van der Waals surface area contributed by atoms with Gasteiger partial charge in [-0.05, 0) is 47.5 Å². The Hall–Kier alpha value is -3.45. The molecule has 0 saturated carbocycles. The standard InChI is InChI=1S/C23H18F2N4O/c1-30-17-12-29(13-17)23-18-6-4-15(14-5-7-19(24)20(25)9-14)10-21(18)27-22(28-23)16-3-2-8-26-11-16/h2-11,17H,12-13H2,1H3. The lowest BCUT2D eigenvalue weighted by molar-refractivity contribution is 0.0785. The molecular weight excluding hydrogens is 386 g/mol. The Morgan fingerprint density at radius 3 is 2.47 bits per heavy atom. The highest BCUT2D eigenvalue weighted by Gasteiger charge is 2.29. The second-order valence-corrected chi connectivity index (χ2v) is 7.24. The van der Waals surface area contributed by atoms with Crippen molar-refractivity contribution < 1.29 is 13.5 Å². The van der Waals surface area contributed by atoms with Crippen LogP contribution < -0.4 is 4.90 Å². The van der Waals surface area contributed by atoms with E-state index in [9.17, 15) is 8.78 Å². The van der Waals surface area contributed by atoms with E-state index in [1.807, 2.05) is 30.3 Å². The molecule has 150 valence electrons. The van der Waals surface area contributed by atoms with Crippen molar-refractivity contribution in [2.45, 2.75) is 6.10 Å². The number of anilines is 1. The molecule has 3 heterocycles. The number of rotatable bonds is 4. The molecule has 7 heteroatoms. The van der Waals surface area contributed by atoms with Gasteiger partial charge in [-0.25, -0.2) is 18.7 Å². The van der Waals surface area contributed by atoms with Gasteiger partial charge in [-0.2, -0.15) is 0 Å². The van der Waals surface area contributed by atoms with Crippen LogP contribution in [0.4, 0.5) is 14.6 Å². The molecule has 2 aromatic heterocycles. The highest BCUT2D eigenvalue weighted by molar-refractivity contribution is 5.94. The number of halogens is 2. The molecule has 4 aromatic rings. The van der Waals surface area contributed by atoms with Gasteiger partial charge in [0.15, 0.2) is 17.5 Å². The van der Waals surface area contributed by atoms with Gasteiger partial charge in [-0.1, -0.05) is 12.1 Å². The van der Waals surface area contributed by atoms with Crippen LogP contribution in [0.1, 0.15) is 0 Å². The summed E-state index contributed by atoms with van der Waals surface area (Å²) in [6.07, 6.45) is 3.60. The molecule has 0 bridgehead atoms. The molecule has 1 aliphatic heterocycles. The monoisotopic (exact) mass is 404 g/mol. The molecule has 0 N–H and O–H groups in total. The van der Waals surface area contributed by atoms with E-state index in [0.29, 0.717) is 11.4 Å². The van der Waals surface area contributed by atoms with Crippen molar-refractivity contribution in [1.82, 2.24) is 15.0 Å². The zero-order chi connectivity index (χ0) is 20.7. The van der Waals surface area contributed by atoms with E-state index in [4.69, 9.17) is 14.7 Å². The molecule has 5 nitrogen and oxygen atoms in total. The topological polar surface area (TPSA) is 51.1 Å². The Morgan fingerprint density at radius 2 is 1.73 bits per heavy atom. The third-order valence-corrected chi connectivity index (χ3v) is 5.33. The van der Waals surface area contributed by atoms with E-state index in [2.05, 4.69) is 9.88 Å². The van der Waals surface area contributed by atoms with Crippen LogP contribution in [0.15, 0.2) is 60.9 Å². The quantitative estimate of drug-likeness (QED) is 0.502. The first-order valence-corrected chi connectivity index (χ1v) is 9.58. The van der Waals surface area contributed by atoms with Gasteiger partial charge in [-0.15, -0.1) is 0 Å². The van der Waals surface area contributed by atoms with E-state index < -0.39 is 11.6 Å². The lowest BCUT2D eigenvalue weighted by atomic mass is 10.0.